The topological polar surface area (TPSA) is 54.4 Å². The van der Waals surface area contributed by atoms with Crippen LogP contribution in [0.5, 0.6) is 0 Å². The highest BCUT2D eigenvalue weighted by Gasteiger charge is 2.19. The van der Waals surface area contributed by atoms with E-state index in [1.165, 1.54) is 6.92 Å². The molecule has 0 amide bonds. The summed E-state index contributed by atoms with van der Waals surface area (Å²) in [4.78, 5) is 22.0. The molecular weight excluding hydrogens is 236 g/mol. The summed E-state index contributed by atoms with van der Waals surface area (Å²) in [5.74, 6) is -1.02. The van der Waals surface area contributed by atoms with E-state index < -0.39 is 11.9 Å². The number of carboxylic acids is 1. The predicted octanol–water partition coefficient (Wildman–Crippen LogP) is 2.52. The van der Waals surface area contributed by atoms with Gasteiger partial charge in [0.15, 0.2) is 5.12 Å². The van der Waals surface area contributed by atoms with Crippen LogP contribution in [-0.4, -0.2) is 21.9 Å². The largest absolute Gasteiger partial charge is 0.481 e. The van der Waals surface area contributed by atoms with E-state index >= 15 is 0 Å². The minimum Gasteiger partial charge on any atom is -0.481 e. The summed E-state index contributed by atoms with van der Waals surface area (Å²) in [5.41, 5.74) is 2.12. The van der Waals surface area contributed by atoms with Gasteiger partial charge < -0.3 is 5.11 Å². The van der Waals surface area contributed by atoms with Crippen molar-refractivity contribution < 1.29 is 14.7 Å². The number of carbonyl (C=O) groups excluding carboxylic acids is 1. The van der Waals surface area contributed by atoms with Gasteiger partial charge in [-0.3, -0.25) is 9.59 Å². The molecule has 0 spiro atoms. The van der Waals surface area contributed by atoms with Crippen LogP contribution in [0, 0.1) is 12.8 Å². The van der Waals surface area contributed by atoms with Crippen LogP contribution < -0.4 is 0 Å². The first-order chi connectivity index (χ1) is 8.00. The van der Waals surface area contributed by atoms with Gasteiger partial charge >= 0.3 is 5.97 Å². The molecule has 0 heterocycles. The molecule has 1 rings (SSSR count). The maximum atomic E-state index is 11.1. The number of benzene rings is 1. The van der Waals surface area contributed by atoms with Crippen molar-refractivity contribution in [2.75, 3.05) is 5.75 Å². The number of rotatable bonds is 5. The van der Waals surface area contributed by atoms with E-state index in [1.54, 1.807) is 0 Å². The van der Waals surface area contributed by atoms with Crippen molar-refractivity contribution in [3.8, 4) is 0 Å². The molecule has 4 heteroatoms. The third kappa shape index (κ3) is 4.61. The Kier molecular flexibility index (Phi) is 5.22. The maximum Gasteiger partial charge on any atom is 0.307 e. The summed E-state index contributed by atoms with van der Waals surface area (Å²) >= 11 is 1.07. The average Bonchev–Trinajstić information content (AvgIpc) is 2.25. The van der Waals surface area contributed by atoms with Gasteiger partial charge in [0.25, 0.3) is 0 Å². The summed E-state index contributed by atoms with van der Waals surface area (Å²) in [5, 5.41) is 9.07. The van der Waals surface area contributed by atoms with Gasteiger partial charge in [0, 0.05) is 12.7 Å². The molecule has 0 unspecified atom stereocenters. The van der Waals surface area contributed by atoms with Gasteiger partial charge in [0.05, 0.1) is 5.92 Å². The summed E-state index contributed by atoms with van der Waals surface area (Å²) in [6.07, 6.45) is 0.474. The van der Waals surface area contributed by atoms with Gasteiger partial charge in [-0.2, -0.15) is 0 Å². The van der Waals surface area contributed by atoms with Crippen molar-refractivity contribution >= 4 is 22.8 Å². The smallest absolute Gasteiger partial charge is 0.307 e. The normalized spacial score (nSPS) is 12.1. The molecule has 0 aliphatic rings. The second kappa shape index (κ2) is 6.45. The summed E-state index contributed by atoms with van der Waals surface area (Å²) < 4.78 is 0. The summed E-state index contributed by atoms with van der Waals surface area (Å²) in [6, 6.07) is 7.73. The Morgan fingerprint density at radius 2 is 2.00 bits per heavy atom. The molecule has 0 aliphatic heterocycles. The Labute approximate surface area is 105 Å². The molecule has 17 heavy (non-hydrogen) atoms. The molecule has 0 fully saturated rings. The van der Waals surface area contributed by atoms with Gasteiger partial charge in [0.2, 0.25) is 0 Å². The van der Waals surface area contributed by atoms with E-state index in [4.69, 9.17) is 5.11 Å². The molecule has 92 valence electrons. The van der Waals surface area contributed by atoms with Crippen LogP contribution in [-0.2, 0) is 16.0 Å². The van der Waals surface area contributed by atoms with E-state index in [0.29, 0.717) is 12.2 Å². The van der Waals surface area contributed by atoms with E-state index in [-0.39, 0.29) is 5.12 Å². The third-order valence-corrected chi connectivity index (χ3v) is 3.54. The predicted molar refractivity (Wildman–Crippen MR) is 69.1 cm³/mol. The molecular formula is C13H16O3S. The van der Waals surface area contributed by atoms with Gasteiger partial charge in [-0.1, -0.05) is 36.0 Å². The van der Waals surface area contributed by atoms with Crippen molar-refractivity contribution in [3.63, 3.8) is 0 Å². The van der Waals surface area contributed by atoms with Gasteiger partial charge in [-0.05, 0) is 24.5 Å². The second-order valence-electron chi connectivity index (χ2n) is 3.97. The fourth-order valence-corrected chi connectivity index (χ4v) is 2.24. The number of hydrogen-bond donors (Lipinski definition) is 1. The molecule has 1 N–H and O–H groups in total. The lowest BCUT2D eigenvalue weighted by atomic mass is 9.97. The van der Waals surface area contributed by atoms with E-state index in [1.807, 2.05) is 31.2 Å². The Balaban J connectivity index is 2.70. The van der Waals surface area contributed by atoms with Crippen LogP contribution in [0.4, 0.5) is 0 Å². The van der Waals surface area contributed by atoms with Crippen molar-refractivity contribution in [1.29, 1.82) is 0 Å². The fraction of sp³-hybridized carbons (Fsp3) is 0.385. The van der Waals surface area contributed by atoms with Crippen molar-refractivity contribution in [2.24, 2.45) is 5.92 Å². The fourth-order valence-electron chi connectivity index (χ4n) is 1.54. The molecule has 1 atom stereocenters. The number of carbonyl (C=O) groups is 2. The lowest BCUT2D eigenvalue weighted by Crippen LogP contribution is -2.20. The highest BCUT2D eigenvalue weighted by atomic mass is 32.2. The molecule has 0 aromatic heterocycles. The zero-order valence-electron chi connectivity index (χ0n) is 9.97. The van der Waals surface area contributed by atoms with Crippen LogP contribution in [0.3, 0.4) is 0 Å². The zero-order chi connectivity index (χ0) is 12.8. The van der Waals surface area contributed by atoms with E-state index in [0.717, 1.165) is 22.9 Å². The molecule has 1 aromatic carbocycles. The summed E-state index contributed by atoms with van der Waals surface area (Å²) in [7, 11) is 0. The number of aliphatic carboxylic acids is 1. The van der Waals surface area contributed by atoms with Crippen LogP contribution >= 0.6 is 11.8 Å². The molecule has 0 radical (unpaired) electrons. The standard InChI is InChI=1S/C13H16O3S/c1-9-5-3-4-6-11(9)7-12(13(15)16)8-17-10(2)14/h3-6,12H,7-8H2,1-2H3,(H,15,16)/t12-/m1/s1. The Morgan fingerprint density at radius 3 is 2.53 bits per heavy atom. The highest BCUT2D eigenvalue weighted by molar-refractivity contribution is 8.13. The minimum absolute atomic E-state index is 0.0407. The van der Waals surface area contributed by atoms with E-state index in [9.17, 15) is 9.59 Å². The van der Waals surface area contributed by atoms with Crippen LogP contribution in [0.15, 0.2) is 24.3 Å². The molecule has 0 saturated heterocycles. The summed E-state index contributed by atoms with van der Waals surface area (Å²) in [6.45, 7) is 3.42. The number of aryl methyl sites for hydroxylation is 1. The molecule has 3 nitrogen and oxygen atoms in total. The lowest BCUT2D eigenvalue weighted by molar-refractivity contribution is -0.140. The van der Waals surface area contributed by atoms with Crippen molar-refractivity contribution in [1.82, 2.24) is 0 Å². The van der Waals surface area contributed by atoms with Gasteiger partial charge in [-0.15, -0.1) is 0 Å². The molecule has 0 bridgehead atoms. The Hall–Kier alpha value is -1.29. The quantitative estimate of drug-likeness (QED) is 0.875. The second-order valence-corrected chi connectivity index (χ2v) is 5.17. The average molecular weight is 252 g/mol. The lowest BCUT2D eigenvalue weighted by Gasteiger charge is -2.12. The number of hydrogen-bond acceptors (Lipinski definition) is 3. The molecule has 1 aromatic rings. The van der Waals surface area contributed by atoms with E-state index in [2.05, 4.69) is 0 Å². The minimum atomic E-state index is -0.845. The molecule has 0 aliphatic carbocycles. The monoisotopic (exact) mass is 252 g/mol. The van der Waals surface area contributed by atoms with Gasteiger partial charge in [0.1, 0.15) is 0 Å². The highest BCUT2D eigenvalue weighted by Crippen LogP contribution is 2.18. The first-order valence-electron chi connectivity index (χ1n) is 5.41. The molecule has 0 saturated carbocycles. The number of thioether (sulfide) groups is 1. The first-order valence-corrected chi connectivity index (χ1v) is 6.40. The third-order valence-electron chi connectivity index (χ3n) is 2.56. The van der Waals surface area contributed by atoms with Crippen LogP contribution in [0.2, 0.25) is 0 Å². The SMILES string of the molecule is CC(=O)SC[C@@H](Cc1ccccc1C)C(=O)O. The zero-order valence-corrected chi connectivity index (χ0v) is 10.8. The van der Waals surface area contributed by atoms with Gasteiger partial charge in [-0.25, -0.2) is 0 Å². The van der Waals surface area contributed by atoms with Crippen LogP contribution in [0.25, 0.3) is 0 Å². The van der Waals surface area contributed by atoms with Crippen molar-refractivity contribution in [2.45, 2.75) is 20.3 Å². The Morgan fingerprint density at radius 1 is 1.35 bits per heavy atom. The van der Waals surface area contributed by atoms with Crippen molar-refractivity contribution in [3.05, 3.63) is 35.4 Å². The number of carboxylic acid groups (broad SMARTS) is 1. The van der Waals surface area contributed by atoms with Crippen LogP contribution in [0.1, 0.15) is 18.1 Å². The maximum absolute atomic E-state index is 11.1. The first kappa shape index (κ1) is 13.8. The Bertz CT molecular complexity index is 415.